The van der Waals surface area contributed by atoms with Crippen molar-refractivity contribution in [1.82, 2.24) is 0 Å². The fourth-order valence-corrected chi connectivity index (χ4v) is 3.32. The van der Waals surface area contributed by atoms with E-state index in [0.29, 0.717) is 11.1 Å². The maximum atomic E-state index is 11.7. The highest BCUT2D eigenvalue weighted by molar-refractivity contribution is 9.10. The van der Waals surface area contributed by atoms with Gasteiger partial charge in [0, 0.05) is 28.7 Å². The van der Waals surface area contributed by atoms with Crippen molar-refractivity contribution >= 4 is 39.3 Å². The van der Waals surface area contributed by atoms with Crippen molar-refractivity contribution in [3.05, 3.63) is 62.1 Å². The summed E-state index contributed by atoms with van der Waals surface area (Å²) in [5.74, 6) is 0. The summed E-state index contributed by atoms with van der Waals surface area (Å²) in [5.41, 5.74) is 2.86. The van der Waals surface area contributed by atoms with Gasteiger partial charge in [0.15, 0.2) is 0 Å². The van der Waals surface area contributed by atoms with Crippen molar-refractivity contribution < 1.29 is 9.72 Å². The molecule has 0 bridgehead atoms. The molecule has 0 radical (unpaired) electrons. The quantitative estimate of drug-likeness (QED) is 0.463. The lowest BCUT2D eigenvalue weighted by Crippen LogP contribution is -2.37. The number of anilines is 2. The molecule has 3 rings (SSSR count). The Kier molecular flexibility index (Phi) is 3.81. The topological polar surface area (TPSA) is 66.7 Å². The summed E-state index contributed by atoms with van der Waals surface area (Å²) in [5, 5.41) is 14.9. The minimum atomic E-state index is -0.594. The number of halogens is 1. The summed E-state index contributed by atoms with van der Waals surface area (Å²) in [4.78, 5) is 22.5. The molecule has 0 aliphatic carbocycles. The van der Waals surface area contributed by atoms with Crippen molar-refractivity contribution in [2.45, 2.75) is 13.0 Å². The summed E-state index contributed by atoms with van der Waals surface area (Å²) in [6.07, 6.45) is 0.808. The number of hydrogen-bond donors (Lipinski definition) is 0. The first kappa shape index (κ1) is 15.5. The number of fused-ring (bicyclic) bond motifs is 1. The zero-order chi connectivity index (χ0) is 16.7. The van der Waals surface area contributed by atoms with E-state index in [0.717, 1.165) is 22.1 Å². The van der Waals surface area contributed by atoms with Crippen LogP contribution in [0.3, 0.4) is 0 Å². The van der Waals surface area contributed by atoms with E-state index >= 15 is 0 Å². The molecular formula is C16H14BrN3O3. The molecule has 0 spiro atoms. The Hall–Kier alpha value is -2.41. The Morgan fingerprint density at radius 2 is 2.04 bits per heavy atom. The van der Waals surface area contributed by atoms with E-state index in [1.165, 1.54) is 6.07 Å². The first-order valence-electron chi connectivity index (χ1n) is 6.96. The molecule has 0 aromatic heterocycles. The van der Waals surface area contributed by atoms with Gasteiger partial charge in [-0.3, -0.25) is 20.1 Å². The monoisotopic (exact) mass is 375 g/mol. The van der Waals surface area contributed by atoms with Crippen LogP contribution in [0, 0.1) is 17.0 Å². The van der Waals surface area contributed by atoms with Crippen molar-refractivity contribution in [3.63, 3.8) is 0 Å². The van der Waals surface area contributed by atoms with Gasteiger partial charge in [-0.15, -0.1) is 0 Å². The summed E-state index contributed by atoms with van der Waals surface area (Å²) >= 11 is 3.43. The minimum absolute atomic E-state index is 0.0279. The normalized spacial score (nSPS) is 16.4. The number of nitro groups is 1. The van der Waals surface area contributed by atoms with Gasteiger partial charge in [-0.2, -0.15) is 0 Å². The number of carbonyl (C=O) groups is 1. The predicted octanol–water partition coefficient (Wildman–Crippen LogP) is 3.78. The van der Waals surface area contributed by atoms with Gasteiger partial charge in [-0.25, -0.2) is 0 Å². The van der Waals surface area contributed by atoms with Crippen molar-refractivity contribution in [2.24, 2.45) is 0 Å². The molecule has 0 saturated heterocycles. The van der Waals surface area contributed by atoms with Crippen LogP contribution in [0.15, 0.2) is 40.9 Å². The van der Waals surface area contributed by atoms with Gasteiger partial charge in [-0.05, 0) is 31.2 Å². The molecule has 118 valence electrons. The van der Waals surface area contributed by atoms with Gasteiger partial charge >= 0.3 is 0 Å². The average Bonchev–Trinajstić information content (AvgIpc) is 2.78. The number of nitrogens with zero attached hydrogens (tertiary/aromatic N) is 3. The number of benzene rings is 2. The van der Waals surface area contributed by atoms with Crippen LogP contribution in [0.2, 0.25) is 0 Å². The zero-order valence-electron chi connectivity index (χ0n) is 12.6. The Balaban J connectivity index is 2.16. The largest absolute Gasteiger partial charge is 0.301 e. The lowest BCUT2D eigenvalue weighted by Gasteiger charge is -2.31. The van der Waals surface area contributed by atoms with Gasteiger partial charge in [0.1, 0.15) is 12.3 Å². The highest BCUT2D eigenvalue weighted by Gasteiger charge is 2.36. The molecule has 2 aromatic carbocycles. The zero-order valence-corrected chi connectivity index (χ0v) is 14.1. The van der Waals surface area contributed by atoms with Crippen molar-refractivity contribution in [1.29, 1.82) is 0 Å². The molecule has 1 atom stereocenters. The molecule has 2 aromatic rings. The van der Waals surface area contributed by atoms with E-state index in [-0.39, 0.29) is 5.69 Å². The Labute approximate surface area is 141 Å². The van der Waals surface area contributed by atoms with Crippen LogP contribution < -0.4 is 10.0 Å². The second-order valence-corrected chi connectivity index (χ2v) is 6.30. The van der Waals surface area contributed by atoms with E-state index < -0.39 is 11.0 Å². The molecule has 1 unspecified atom stereocenters. The molecule has 1 aliphatic rings. The van der Waals surface area contributed by atoms with Crippen molar-refractivity contribution in [2.75, 3.05) is 17.1 Å². The molecule has 0 fully saturated rings. The molecule has 0 amide bonds. The third-order valence-corrected chi connectivity index (χ3v) is 4.49. The van der Waals surface area contributed by atoms with Gasteiger partial charge in [0.2, 0.25) is 0 Å². The van der Waals surface area contributed by atoms with Crippen LogP contribution in [0.4, 0.5) is 17.1 Å². The van der Waals surface area contributed by atoms with Crippen LogP contribution in [-0.2, 0) is 4.79 Å². The minimum Gasteiger partial charge on any atom is -0.301 e. The summed E-state index contributed by atoms with van der Waals surface area (Å²) in [7, 11) is 1.84. The average molecular weight is 376 g/mol. The fourth-order valence-electron chi connectivity index (χ4n) is 2.93. The van der Waals surface area contributed by atoms with E-state index in [1.807, 2.05) is 41.3 Å². The Bertz CT molecular complexity index is 809. The predicted molar refractivity (Wildman–Crippen MR) is 91.7 cm³/mol. The highest BCUT2D eigenvalue weighted by Crippen LogP contribution is 2.43. The van der Waals surface area contributed by atoms with Gasteiger partial charge in [0.05, 0.1) is 16.3 Å². The standard InChI is InChI=1S/C16H14BrN3O3/c1-10-6-15-13(8-14(10)20(22)23)16(9-21)19(18(15)2)12-5-3-4-11(17)7-12/h3-9,16H,1-2H3. The summed E-state index contributed by atoms with van der Waals surface area (Å²) < 4.78 is 0.895. The SMILES string of the molecule is Cc1cc2c(cc1[N+](=O)[O-])C(C=O)N(c1cccc(Br)c1)N2C. The number of carbonyl (C=O) groups excluding carboxylic acids is 1. The second-order valence-electron chi connectivity index (χ2n) is 5.38. The van der Waals surface area contributed by atoms with E-state index in [2.05, 4.69) is 15.9 Å². The van der Waals surface area contributed by atoms with E-state index in [1.54, 1.807) is 13.0 Å². The number of hydrazine groups is 1. The van der Waals surface area contributed by atoms with Crippen molar-refractivity contribution in [3.8, 4) is 0 Å². The van der Waals surface area contributed by atoms with Crippen LogP contribution in [0.5, 0.6) is 0 Å². The number of hydrogen-bond acceptors (Lipinski definition) is 5. The Morgan fingerprint density at radius 1 is 1.30 bits per heavy atom. The molecule has 0 saturated carbocycles. The number of aryl methyl sites for hydroxylation is 1. The third-order valence-electron chi connectivity index (χ3n) is 4.00. The lowest BCUT2D eigenvalue weighted by molar-refractivity contribution is -0.385. The summed E-state index contributed by atoms with van der Waals surface area (Å²) in [6, 6.07) is 10.2. The molecule has 0 N–H and O–H groups in total. The number of aldehydes is 1. The van der Waals surface area contributed by atoms with Crippen LogP contribution >= 0.6 is 15.9 Å². The number of rotatable bonds is 3. The maximum absolute atomic E-state index is 11.7. The van der Waals surface area contributed by atoms with Crippen LogP contribution in [0.1, 0.15) is 17.2 Å². The third kappa shape index (κ3) is 2.46. The number of nitro benzene ring substituents is 1. The molecule has 23 heavy (non-hydrogen) atoms. The fraction of sp³-hybridized carbons (Fsp3) is 0.188. The first-order valence-corrected chi connectivity index (χ1v) is 7.76. The smallest absolute Gasteiger partial charge is 0.272 e. The van der Waals surface area contributed by atoms with Gasteiger partial charge in [0.25, 0.3) is 5.69 Å². The summed E-state index contributed by atoms with van der Waals surface area (Å²) in [6.45, 7) is 1.70. The molecule has 1 aliphatic heterocycles. The molecular weight excluding hydrogens is 362 g/mol. The highest BCUT2D eigenvalue weighted by atomic mass is 79.9. The van der Waals surface area contributed by atoms with Gasteiger partial charge < -0.3 is 4.79 Å². The first-order chi connectivity index (χ1) is 10.9. The second kappa shape index (κ2) is 5.66. The molecule has 7 heteroatoms. The van der Waals surface area contributed by atoms with Gasteiger partial charge in [-0.1, -0.05) is 22.0 Å². The molecule has 6 nitrogen and oxygen atoms in total. The Morgan fingerprint density at radius 3 is 2.65 bits per heavy atom. The maximum Gasteiger partial charge on any atom is 0.272 e. The van der Waals surface area contributed by atoms with E-state index in [4.69, 9.17) is 0 Å². The van der Waals surface area contributed by atoms with E-state index in [9.17, 15) is 14.9 Å². The molecule has 1 heterocycles. The van der Waals surface area contributed by atoms with Crippen LogP contribution in [0.25, 0.3) is 0 Å². The lowest BCUT2D eigenvalue weighted by atomic mass is 10.0. The van der Waals surface area contributed by atoms with Crippen LogP contribution in [-0.4, -0.2) is 18.3 Å².